The van der Waals surface area contributed by atoms with Crippen molar-refractivity contribution in [1.29, 1.82) is 0 Å². The fourth-order valence-electron chi connectivity index (χ4n) is 2.01. The number of likely N-dealkylation sites (N-methyl/N-ethyl adjacent to an activating group) is 1. The molecule has 0 aromatic rings. The van der Waals surface area contributed by atoms with E-state index in [1.54, 1.807) is 7.11 Å². The van der Waals surface area contributed by atoms with Crippen LogP contribution in [0.1, 0.15) is 6.42 Å². The SMILES string of the molecule is COCCCN1CCN(CC(=O)[N+](C)(C)C)CC1. The maximum absolute atomic E-state index is 11.9. The van der Waals surface area contributed by atoms with Crippen molar-refractivity contribution >= 4 is 5.91 Å². The number of piperazine rings is 1. The molecule has 106 valence electrons. The third-order valence-corrected chi connectivity index (χ3v) is 3.39. The van der Waals surface area contributed by atoms with Crippen molar-refractivity contribution in [2.24, 2.45) is 0 Å². The van der Waals surface area contributed by atoms with Gasteiger partial charge in [0.05, 0.1) is 21.1 Å². The third-order valence-electron chi connectivity index (χ3n) is 3.39. The van der Waals surface area contributed by atoms with Crippen molar-refractivity contribution in [2.75, 3.05) is 74.1 Å². The first-order valence-electron chi connectivity index (χ1n) is 6.72. The van der Waals surface area contributed by atoms with Gasteiger partial charge in [-0.15, -0.1) is 0 Å². The molecule has 1 fully saturated rings. The van der Waals surface area contributed by atoms with Gasteiger partial charge in [0.1, 0.15) is 6.54 Å². The van der Waals surface area contributed by atoms with Crippen LogP contribution in [0.15, 0.2) is 0 Å². The van der Waals surface area contributed by atoms with Gasteiger partial charge in [-0.2, -0.15) is 0 Å². The van der Waals surface area contributed by atoms with Crippen molar-refractivity contribution < 1.29 is 14.0 Å². The highest BCUT2D eigenvalue weighted by Gasteiger charge is 2.25. The van der Waals surface area contributed by atoms with Gasteiger partial charge < -0.3 is 9.64 Å². The molecule has 0 aromatic heterocycles. The molecule has 1 aliphatic heterocycles. The number of quaternary nitrogens is 1. The Balaban J connectivity index is 2.21. The summed E-state index contributed by atoms with van der Waals surface area (Å²) in [6, 6.07) is 0. The quantitative estimate of drug-likeness (QED) is 0.491. The normalized spacial score (nSPS) is 19.1. The van der Waals surface area contributed by atoms with E-state index in [1.165, 1.54) is 0 Å². The Morgan fingerprint density at radius 3 is 2.17 bits per heavy atom. The van der Waals surface area contributed by atoms with Crippen LogP contribution < -0.4 is 0 Å². The number of carbonyl (C=O) groups excluding carboxylic acids is 1. The molecule has 18 heavy (non-hydrogen) atoms. The summed E-state index contributed by atoms with van der Waals surface area (Å²) < 4.78 is 5.47. The zero-order valence-electron chi connectivity index (χ0n) is 12.3. The molecule has 0 bridgehead atoms. The van der Waals surface area contributed by atoms with Crippen molar-refractivity contribution in [3.05, 3.63) is 0 Å². The van der Waals surface area contributed by atoms with E-state index in [0.717, 1.165) is 45.8 Å². The second kappa shape index (κ2) is 7.19. The Morgan fingerprint density at radius 2 is 1.67 bits per heavy atom. The Kier molecular flexibility index (Phi) is 6.21. The van der Waals surface area contributed by atoms with Crippen LogP contribution >= 0.6 is 0 Å². The molecule has 1 amide bonds. The summed E-state index contributed by atoms with van der Waals surface area (Å²) in [6.45, 7) is 6.64. The van der Waals surface area contributed by atoms with E-state index in [2.05, 4.69) is 9.80 Å². The lowest BCUT2D eigenvalue weighted by Gasteiger charge is -2.35. The number of carbonyl (C=O) groups is 1. The van der Waals surface area contributed by atoms with Gasteiger partial charge in [0.2, 0.25) is 0 Å². The van der Waals surface area contributed by atoms with Crippen LogP contribution in [0.4, 0.5) is 0 Å². The summed E-state index contributed by atoms with van der Waals surface area (Å²) in [6.07, 6.45) is 1.09. The molecule has 0 unspecified atom stereocenters. The number of hydrogen-bond acceptors (Lipinski definition) is 4. The molecule has 1 rings (SSSR count). The summed E-state index contributed by atoms with van der Waals surface area (Å²) in [5, 5.41) is 0. The topological polar surface area (TPSA) is 32.8 Å². The van der Waals surface area contributed by atoms with Gasteiger partial charge in [-0.05, 0) is 6.42 Å². The minimum atomic E-state index is 0.280. The van der Waals surface area contributed by atoms with Crippen molar-refractivity contribution in [3.8, 4) is 0 Å². The maximum Gasteiger partial charge on any atom is 0.327 e. The number of nitrogens with zero attached hydrogens (tertiary/aromatic N) is 3. The lowest BCUT2D eigenvalue weighted by atomic mass is 10.3. The largest absolute Gasteiger partial charge is 0.385 e. The standard InChI is InChI=1S/C13H28N3O2/c1-16(2,3)13(17)12-15-9-7-14(8-10-15)6-5-11-18-4/h5-12H2,1-4H3/q+1. The molecule has 0 spiro atoms. The van der Waals surface area contributed by atoms with Gasteiger partial charge in [-0.1, -0.05) is 0 Å². The first-order valence-corrected chi connectivity index (χ1v) is 6.72. The highest BCUT2D eigenvalue weighted by molar-refractivity contribution is 5.70. The van der Waals surface area contributed by atoms with Gasteiger partial charge in [-0.3, -0.25) is 9.38 Å². The minimum Gasteiger partial charge on any atom is -0.385 e. The molecule has 1 aliphatic rings. The monoisotopic (exact) mass is 258 g/mol. The molecule has 0 N–H and O–H groups in total. The van der Waals surface area contributed by atoms with Gasteiger partial charge >= 0.3 is 5.91 Å². The molecule has 0 aliphatic carbocycles. The molecule has 1 saturated heterocycles. The Morgan fingerprint density at radius 1 is 1.11 bits per heavy atom. The van der Waals surface area contributed by atoms with Gasteiger partial charge in [0.15, 0.2) is 0 Å². The van der Waals surface area contributed by atoms with E-state index in [4.69, 9.17) is 4.74 Å². The second-order valence-corrected chi connectivity index (χ2v) is 5.87. The summed E-state index contributed by atoms with van der Waals surface area (Å²) in [5.74, 6) is 0.280. The highest BCUT2D eigenvalue weighted by atomic mass is 16.5. The van der Waals surface area contributed by atoms with Gasteiger partial charge in [-0.25, -0.2) is 4.79 Å². The van der Waals surface area contributed by atoms with E-state index in [1.807, 2.05) is 21.1 Å². The molecular formula is C13H28N3O2+. The maximum atomic E-state index is 11.9. The van der Waals surface area contributed by atoms with E-state index in [9.17, 15) is 4.79 Å². The summed E-state index contributed by atoms with van der Waals surface area (Å²) in [4.78, 5) is 16.6. The van der Waals surface area contributed by atoms with Crippen molar-refractivity contribution in [2.45, 2.75) is 6.42 Å². The smallest absolute Gasteiger partial charge is 0.327 e. The fraction of sp³-hybridized carbons (Fsp3) is 0.923. The first-order chi connectivity index (χ1) is 8.43. The molecular weight excluding hydrogens is 230 g/mol. The lowest BCUT2D eigenvalue weighted by molar-refractivity contribution is -0.792. The average molecular weight is 258 g/mol. The Hall–Kier alpha value is -0.490. The number of amides is 1. The van der Waals surface area contributed by atoms with Crippen LogP contribution in [0, 0.1) is 0 Å². The Labute approximate surface area is 111 Å². The summed E-state index contributed by atoms with van der Waals surface area (Å²) >= 11 is 0. The minimum absolute atomic E-state index is 0.280. The summed E-state index contributed by atoms with van der Waals surface area (Å²) in [7, 11) is 7.55. The third kappa shape index (κ3) is 5.44. The number of rotatable bonds is 6. The zero-order valence-corrected chi connectivity index (χ0v) is 12.3. The Bertz CT molecular complexity index is 255. The molecule has 5 nitrogen and oxygen atoms in total. The highest BCUT2D eigenvalue weighted by Crippen LogP contribution is 2.04. The average Bonchev–Trinajstić information content (AvgIpc) is 2.30. The molecule has 5 heteroatoms. The zero-order chi connectivity index (χ0) is 13.6. The van der Waals surface area contributed by atoms with Crippen LogP contribution in [0.3, 0.4) is 0 Å². The molecule has 0 aromatic carbocycles. The van der Waals surface area contributed by atoms with Crippen LogP contribution in [0.5, 0.6) is 0 Å². The van der Waals surface area contributed by atoms with E-state index in [0.29, 0.717) is 11.0 Å². The summed E-state index contributed by atoms with van der Waals surface area (Å²) in [5.41, 5.74) is 0. The number of methoxy groups -OCH3 is 1. The van der Waals surface area contributed by atoms with E-state index >= 15 is 0 Å². The predicted octanol–water partition coefficient (Wildman–Crippen LogP) is -0.127. The number of ether oxygens (including phenoxy) is 1. The second-order valence-electron chi connectivity index (χ2n) is 5.87. The fourth-order valence-corrected chi connectivity index (χ4v) is 2.01. The molecule has 0 radical (unpaired) electrons. The molecule has 0 saturated carbocycles. The van der Waals surface area contributed by atoms with Crippen LogP contribution in [0.25, 0.3) is 0 Å². The number of hydrogen-bond donors (Lipinski definition) is 0. The van der Waals surface area contributed by atoms with Gasteiger partial charge in [0.25, 0.3) is 0 Å². The lowest BCUT2D eigenvalue weighted by Crippen LogP contribution is -2.52. The molecule has 1 heterocycles. The van der Waals surface area contributed by atoms with Gasteiger partial charge in [0, 0.05) is 46.4 Å². The predicted molar refractivity (Wildman–Crippen MR) is 72.4 cm³/mol. The van der Waals surface area contributed by atoms with Crippen LogP contribution in [-0.4, -0.2) is 94.3 Å². The van der Waals surface area contributed by atoms with E-state index < -0.39 is 0 Å². The van der Waals surface area contributed by atoms with Crippen LogP contribution in [0.2, 0.25) is 0 Å². The first kappa shape index (κ1) is 15.6. The van der Waals surface area contributed by atoms with Crippen molar-refractivity contribution in [1.82, 2.24) is 9.80 Å². The van der Waals surface area contributed by atoms with E-state index in [-0.39, 0.29) is 5.91 Å². The van der Waals surface area contributed by atoms with Crippen LogP contribution in [-0.2, 0) is 9.53 Å². The van der Waals surface area contributed by atoms with Crippen molar-refractivity contribution in [3.63, 3.8) is 0 Å². The molecule has 0 atom stereocenters.